The number of aliphatic hydroxyl groups excluding tert-OH is 2. The average Bonchev–Trinajstić information content (AvgIpc) is 3.36. The van der Waals surface area contributed by atoms with Gasteiger partial charge in [-0.2, -0.15) is 0 Å². The van der Waals surface area contributed by atoms with E-state index in [0.29, 0.717) is 24.3 Å². The molecule has 3 heterocycles. The topological polar surface area (TPSA) is 314 Å². The molecule has 0 spiro atoms. The van der Waals surface area contributed by atoms with Gasteiger partial charge in [0, 0.05) is 12.0 Å². The molecule has 2 aromatic rings. The van der Waals surface area contributed by atoms with Crippen LogP contribution in [-0.4, -0.2) is 124 Å². The maximum absolute atomic E-state index is 13.8. The minimum atomic E-state index is -3.31. The van der Waals surface area contributed by atoms with Crippen molar-refractivity contribution in [3.63, 3.8) is 0 Å². The molecule has 2 bridgehead atoms. The maximum atomic E-state index is 13.8. The van der Waals surface area contributed by atoms with E-state index in [1.165, 1.54) is 0 Å². The lowest BCUT2D eigenvalue weighted by atomic mass is 9.67. The molecule has 4 aliphatic rings. The Morgan fingerprint density at radius 3 is 2.12 bits per heavy atom. The molecule has 19 nitrogen and oxygen atoms in total. The summed E-state index contributed by atoms with van der Waals surface area (Å²) in [6, 6.07) is 1.96. The molecule has 6 rings (SSSR count). The maximum Gasteiger partial charge on any atom is 0.340 e. The van der Waals surface area contributed by atoms with E-state index in [1.54, 1.807) is 0 Å². The predicted octanol–water partition coefficient (Wildman–Crippen LogP) is -2.02. The number of rotatable bonds is 5. The summed E-state index contributed by atoms with van der Waals surface area (Å²) in [7, 11) is 0. The van der Waals surface area contributed by atoms with E-state index < -0.39 is 147 Å². The summed E-state index contributed by atoms with van der Waals surface area (Å²) >= 11 is 0. The first-order valence-electron chi connectivity index (χ1n) is 14.2. The number of phenolic OH excluding ortho intramolecular Hbond substituents is 5. The van der Waals surface area contributed by atoms with Gasteiger partial charge in [0.1, 0.15) is 18.0 Å². The highest BCUT2D eigenvalue weighted by Crippen LogP contribution is 2.60. The van der Waals surface area contributed by atoms with Gasteiger partial charge in [-0.05, 0) is 31.2 Å². The third-order valence-corrected chi connectivity index (χ3v) is 8.58. The van der Waals surface area contributed by atoms with Crippen LogP contribution in [0, 0.1) is 0 Å². The lowest BCUT2D eigenvalue weighted by Crippen LogP contribution is -2.67. The SMILES string of the molecule is CC(=O)C[C@]1(O)C(=O)C=C2C(=O)O[C@H]3[C@H](O)[C@@H](OC(=O)c4cc(O)c(O)c5c4[C@H]2[C@@]1(O)O5)[C@H](OC(=O)c1cc(O)c(O)c(O)c1)O[C@@H]3CO. The van der Waals surface area contributed by atoms with Crippen LogP contribution in [0.1, 0.15) is 45.5 Å². The number of aliphatic hydroxyl groups is 4. The number of carbonyl (C=O) groups is 5. The number of benzene rings is 2. The normalized spacial score (nSPS) is 31.7. The van der Waals surface area contributed by atoms with Crippen LogP contribution in [-0.2, 0) is 33.3 Å². The zero-order chi connectivity index (χ0) is 35.9. The molecule has 0 aromatic heterocycles. The van der Waals surface area contributed by atoms with Gasteiger partial charge in [-0.1, -0.05) is 0 Å². The second-order valence-electron chi connectivity index (χ2n) is 11.7. The van der Waals surface area contributed by atoms with Crippen molar-refractivity contribution < 1.29 is 93.6 Å². The zero-order valence-corrected chi connectivity index (χ0v) is 24.8. The van der Waals surface area contributed by atoms with E-state index in [-0.39, 0.29) is 0 Å². The summed E-state index contributed by atoms with van der Waals surface area (Å²) in [5.41, 5.74) is -5.99. The Hall–Kier alpha value is -5.47. The fourth-order valence-electron chi connectivity index (χ4n) is 6.26. The van der Waals surface area contributed by atoms with Gasteiger partial charge in [0.2, 0.25) is 12.0 Å². The molecule has 2 aromatic carbocycles. The summed E-state index contributed by atoms with van der Waals surface area (Å²) in [6.07, 6.45) is -10.8. The molecule has 3 aliphatic heterocycles. The molecule has 19 heteroatoms. The Morgan fingerprint density at radius 1 is 0.898 bits per heavy atom. The van der Waals surface area contributed by atoms with E-state index in [2.05, 4.69) is 0 Å². The summed E-state index contributed by atoms with van der Waals surface area (Å²) < 4.78 is 27.0. The lowest BCUT2D eigenvalue weighted by Gasteiger charge is -2.44. The summed E-state index contributed by atoms with van der Waals surface area (Å²) in [5.74, 6) is -18.2. The number of carbonyl (C=O) groups excluding carboxylic acids is 5. The third-order valence-electron chi connectivity index (χ3n) is 8.58. The largest absolute Gasteiger partial charge is 0.504 e. The van der Waals surface area contributed by atoms with Crippen LogP contribution in [0.15, 0.2) is 29.8 Å². The Labute approximate surface area is 272 Å². The minimum Gasteiger partial charge on any atom is -0.504 e. The van der Waals surface area contributed by atoms with Gasteiger partial charge in [0.25, 0.3) is 5.79 Å². The van der Waals surface area contributed by atoms with Gasteiger partial charge in [-0.3, -0.25) is 9.59 Å². The van der Waals surface area contributed by atoms with Gasteiger partial charge < -0.3 is 69.6 Å². The molecule has 0 saturated carbocycles. The van der Waals surface area contributed by atoms with Crippen LogP contribution < -0.4 is 4.74 Å². The van der Waals surface area contributed by atoms with Crippen LogP contribution in [0.4, 0.5) is 0 Å². The van der Waals surface area contributed by atoms with E-state index in [0.717, 1.165) is 6.92 Å². The average molecular weight is 691 g/mol. The molecule has 8 atom stereocenters. The highest BCUT2D eigenvalue weighted by molar-refractivity contribution is 6.10. The zero-order valence-electron chi connectivity index (χ0n) is 24.8. The molecule has 49 heavy (non-hydrogen) atoms. The predicted molar refractivity (Wildman–Crippen MR) is 149 cm³/mol. The molecule has 260 valence electrons. The van der Waals surface area contributed by atoms with Crippen LogP contribution in [0.25, 0.3) is 0 Å². The number of esters is 3. The van der Waals surface area contributed by atoms with Crippen molar-refractivity contribution in [2.45, 2.75) is 61.4 Å². The number of ketones is 2. The van der Waals surface area contributed by atoms with Crippen molar-refractivity contribution in [2.75, 3.05) is 6.61 Å². The Balaban J connectivity index is 1.50. The molecule has 0 radical (unpaired) electrons. The highest BCUT2D eigenvalue weighted by atomic mass is 16.7. The van der Waals surface area contributed by atoms with E-state index in [4.69, 9.17) is 23.7 Å². The van der Waals surface area contributed by atoms with Crippen LogP contribution in [0.2, 0.25) is 0 Å². The number of aromatic hydroxyl groups is 5. The molecular weight excluding hydrogens is 664 g/mol. The smallest absolute Gasteiger partial charge is 0.340 e. The molecule has 1 saturated heterocycles. The number of fused-ring (bicyclic) bond motifs is 2. The third kappa shape index (κ3) is 4.89. The van der Waals surface area contributed by atoms with Crippen molar-refractivity contribution in [1.29, 1.82) is 0 Å². The van der Waals surface area contributed by atoms with Gasteiger partial charge in [-0.15, -0.1) is 0 Å². The number of Topliss-reactive ketones (excluding diaryl/α,β-unsaturated/α-hetero) is 1. The summed E-state index contributed by atoms with van der Waals surface area (Å²) in [5, 5.41) is 95.1. The Bertz CT molecular complexity index is 1840. The van der Waals surface area contributed by atoms with Crippen molar-refractivity contribution in [3.05, 3.63) is 46.5 Å². The molecule has 9 N–H and O–H groups in total. The Morgan fingerprint density at radius 2 is 1.51 bits per heavy atom. The number of hydrogen-bond donors (Lipinski definition) is 9. The second-order valence-corrected chi connectivity index (χ2v) is 11.7. The molecular formula is C30H26O19. The minimum absolute atomic E-state index is 0.494. The van der Waals surface area contributed by atoms with E-state index in [1.807, 2.05) is 0 Å². The fraction of sp³-hybridized carbons (Fsp3) is 0.367. The summed E-state index contributed by atoms with van der Waals surface area (Å²) in [4.78, 5) is 66.0. The standard InChI is InChI=1S/C30H26O19/c1-8(32)6-29(43)16(36)5-11-18-17-10(4-14(35)20(38)23(17)49-30(18,29)44)26(41)47-24-21(39)22(46-27(11)42)15(7-31)45-28(24)48-25(40)9-2-12(33)19(37)13(34)3-9/h2-5,15,18,21-22,24,28,31,33-35,37-39,43-44H,6-7H2,1H3/t15-,18+,21+,22-,24-,28+,29+,30-/m1/s1. The molecule has 0 unspecified atom stereocenters. The first-order valence-corrected chi connectivity index (χ1v) is 14.2. The quantitative estimate of drug-likeness (QED) is 0.0929. The lowest BCUT2D eigenvalue weighted by molar-refractivity contribution is -0.287. The Kier molecular flexibility index (Phi) is 7.72. The van der Waals surface area contributed by atoms with Crippen LogP contribution in [0.5, 0.6) is 34.5 Å². The van der Waals surface area contributed by atoms with E-state index >= 15 is 0 Å². The van der Waals surface area contributed by atoms with Crippen LogP contribution in [0.3, 0.4) is 0 Å². The number of ether oxygens (including phenoxy) is 5. The van der Waals surface area contributed by atoms with Crippen molar-refractivity contribution in [1.82, 2.24) is 0 Å². The van der Waals surface area contributed by atoms with Gasteiger partial charge >= 0.3 is 17.9 Å². The van der Waals surface area contributed by atoms with Gasteiger partial charge in [0.05, 0.1) is 29.2 Å². The van der Waals surface area contributed by atoms with E-state index in [9.17, 15) is 69.9 Å². The monoisotopic (exact) mass is 690 g/mol. The molecule has 1 aliphatic carbocycles. The van der Waals surface area contributed by atoms with Gasteiger partial charge in [0.15, 0.2) is 52.3 Å². The second kappa shape index (κ2) is 11.3. The number of phenols is 5. The van der Waals surface area contributed by atoms with Crippen molar-refractivity contribution in [3.8, 4) is 34.5 Å². The van der Waals surface area contributed by atoms with Crippen molar-refractivity contribution >= 4 is 29.5 Å². The fourth-order valence-corrected chi connectivity index (χ4v) is 6.26. The highest BCUT2D eigenvalue weighted by Gasteiger charge is 2.70. The number of hydrogen-bond acceptors (Lipinski definition) is 19. The molecule has 1 fully saturated rings. The molecule has 0 amide bonds. The first-order chi connectivity index (χ1) is 22.9. The van der Waals surface area contributed by atoms with Crippen LogP contribution >= 0.6 is 0 Å². The first kappa shape index (κ1) is 33.4. The van der Waals surface area contributed by atoms with Crippen molar-refractivity contribution in [2.24, 2.45) is 0 Å². The summed E-state index contributed by atoms with van der Waals surface area (Å²) in [6.45, 7) is -0.0930. The van der Waals surface area contributed by atoms with Gasteiger partial charge in [-0.25, -0.2) is 14.4 Å².